The first-order valence-corrected chi connectivity index (χ1v) is 10.6. The Balaban J connectivity index is 1.86. The molecule has 0 amide bonds. The zero-order valence-electron chi connectivity index (χ0n) is 18.6. The summed E-state index contributed by atoms with van der Waals surface area (Å²) in [5.74, 6) is -0.283. The van der Waals surface area contributed by atoms with E-state index in [-0.39, 0.29) is 11.5 Å². The SMILES string of the molecule is CC(C)(C)C(=O)c1cn(Cc2ccccc2)c2cccc(-c3ccc(OC(F)(F)F)cc3)c12. The van der Waals surface area contributed by atoms with Crippen molar-refractivity contribution in [3.05, 3.63) is 90.1 Å². The monoisotopic (exact) mass is 451 g/mol. The molecule has 6 heteroatoms. The Morgan fingerprint density at radius 2 is 1.55 bits per heavy atom. The Labute approximate surface area is 190 Å². The van der Waals surface area contributed by atoms with E-state index in [2.05, 4.69) is 4.74 Å². The van der Waals surface area contributed by atoms with Crippen molar-refractivity contribution in [2.75, 3.05) is 0 Å². The highest BCUT2D eigenvalue weighted by Crippen LogP contribution is 2.37. The third-order valence-electron chi connectivity index (χ3n) is 5.43. The van der Waals surface area contributed by atoms with Gasteiger partial charge in [-0.25, -0.2) is 0 Å². The summed E-state index contributed by atoms with van der Waals surface area (Å²) in [6.07, 6.45) is -2.86. The molecule has 3 aromatic carbocycles. The van der Waals surface area contributed by atoms with Crippen LogP contribution in [0.25, 0.3) is 22.0 Å². The van der Waals surface area contributed by atoms with E-state index in [1.807, 2.05) is 80.1 Å². The number of hydrogen-bond acceptors (Lipinski definition) is 2. The molecule has 0 aliphatic carbocycles. The van der Waals surface area contributed by atoms with Crippen LogP contribution in [0, 0.1) is 5.41 Å². The summed E-state index contributed by atoms with van der Waals surface area (Å²) in [6, 6.07) is 21.4. The fourth-order valence-electron chi connectivity index (χ4n) is 3.92. The second-order valence-electron chi connectivity index (χ2n) is 9.01. The number of carbonyl (C=O) groups is 1. The van der Waals surface area contributed by atoms with Crippen molar-refractivity contribution in [1.29, 1.82) is 0 Å². The molecule has 0 saturated carbocycles. The van der Waals surface area contributed by atoms with Gasteiger partial charge in [0.05, 0.1) is 0 Å². The second kappa shape index (κ2) is 8.43. The molecule has 1 heterocycles. The van der Waals surface area contributed by atoms with Crippen LogP contribution < -0.4 is 4.74 Å². The average Bonchev–Trinajstić information content (AvgIpc) is 3.11. The van der Waals surface area contributed by atoms with Crippen molar-refractivity contribution >= 4 is 16.7 Å². The number of Topliss-reactive ketones (excluding diaryl/α,β-unsaturated/α-hetero) is 1. The third kappa shape index (κ3) is 4.95. The van der Waals surface area contributed by atoms with Crippen LogP contribution >= 0.6 is 0 Å². The summed E-state index contributed by atoms with van der Waals surface area (Å²) in [7, 11) is 0. The molecule has 0 saturated heterocycles. The van der Waals surface area contributed by atoms with Crippen molar-refractivity contribution in [3.8, 4) is 16.9 Å². The molecule has 170 valence electrons. The molecule has 0 aliphatic rings. The van der Waals surface area contributed by atoms with Gasteiger partial charge in [0.2, 0.25) is 0 Å². The highest BCUT2D eigenvalue weighted by atomic mass is 19.4. The molecule has 0 fully saturated rings. The van der Waals surface area contributed by atoms with Crippen LogP contribution in [0.5, 0.6) is 5.75 Å². The summed E-state index contributed by atoms with van der Waals surface area (Å²) in [5.41, 5.74) is 3.48. The Morgan fingerprint density at radius 1 is 0.879 bits per heavy atom. The smallest absolute Gasteiger partial charge is 0.406 e. The van der Waals surface area contributed by atoms with Gasteiger partial charge in [0.25, 0.3) is 0 Å². The highest BCUT2D eigenvalue weighted by molar-refractivity contribution is 6.14. The third-order valence-corrected chi connectivity index (χ3v) is 5.43. The molecule has 3 nitrogen and oxygen atoms in total. The number of nitrogens with zero attached hydrogens (tertiary/aromatic N) is 1. The van der Waals surface area contributed by atoms with E-state index < -0.39 is 11.8 Å². The molecule has 0 radical (unpaired) electrons. The maximum atomic E-state index is 13.4. The molecule has 4 rings (SSSR count). The van der Waals surface area contributed by atoms with Crippen molar-refractivity contribution in [3.63, 3.8) is 0 Å². The fourth-order valence-corrected chi connectivity index (χ4v) is 3.92. The predicted octanol–water partition coefficient (Wildman–Crippen LogP) is 7.48. The van der Waals surface area contributed by atoms with Crippen LogP contribution in [-0.2, 0) is 6.54 Å². The highest BCUT2D eigenvalue weighted by Gasteiger charge is 2.31. The molecule has 33 heavy (non-hydrogen) atoms. The Bertz CT molecular complexity index is 1280. The molecule has 1 aromatic heterocycles. The number of halogens is 3. The van der Waals surface area contributed by atoms with Crippen LogP contribution in [0.3, 0.4) is 0 Å². The van der Waals surface area contributed by atoms with Gasteiger partial charge in [0.15, 0.2) is 5.78 Å². The topological polar surface area (TPSA) is 31.2 Å². The minimum Gasteiger partial charge on any atom is -0.406 e. The Kier molecular flexibility index (Phi) is 5.78. The first kappa shape index (κ1) is 22.6. The number of benzene rings is 3. The first-order valence-electron chi connectivity index (χ1n) is 10.6. The van der Waals surface area contributed by atoms with Gasteiger partial charge in [0.1, 0.15) is 5.75 Å². The van der Waals surface area contributed by atoms with Gasteiger partial charge in [-0.15, -0.1) is 13.2 Å². The normalized spacial score (nSPS) is 12.2. The summed E-state index contributed by atoms with van der Waals surface area (Å²) >= 11 is 0. The molecule has 0 atom stereocenters. The first-order chi connectivity index (χ1) is 15.5. The van der Waals surface area contributed by atoms with E-state index in [0.717, 1.165) is 22.0 Å². The quantitative estimate of drug-likeness (QED) is 0.295. The molecule has 4 aromatic rings. The van der Waals surface area contributed by atoms with Gasteiger partial charge in [-0.1, -0.05) is 75.4 Å². The zero-order chi connectivity index (χ0) is 23.8. The van der Waals surface area contributed by atoms with Crippen LogP contribution in [0.1, 0.15) is 36.7 Å². The van der Waals surface area contributed by atoms with E-state index in [1.54, 1.807) is 12.1 Å². The Hall–Kier alpha value is -3.54. The van der Waals surface area contributed by atoms with Gasteiger partial charge in [0, 0.05) is 34.6 Å². The largest absolute Gasteiger partial charge is 0.573 e. The average molecular weight is 451 g/mol. The molecule has 0 aliphatic heterocycles. The molecule has 0 spiro atoms. The standard InChI is InChI=1S/C27H24F3NO2/c1-26(2,3)25(32)22-17-31(16-18-8-5-4-6-9-18)23-11-7-10-21(24(22)23)19-12-14-20(15-13-19)33-27(28,29)30/h4-15,17H,16H2,1-3H3. The Morgan fingerprint density at radius 3 is 2.15 bits per heavy atom. The van der Waals surface area contributed by atoms with Crippen LogP contribution in [0.15, 0.2) is 79.0 Å². The van der Waals surface area contributed by atoms with Gasteiger partial charge >= 0.3 is 6.36 Å². The van der Waals surface area contributed by atoms with Gasteiger partial charge < -0.3 is 9.30 Å². The number of aromatic nitrogens is 1. The minimum atomic E-state index is -4.75. The molecular formula is C27H24F3NO2. The number of ether oxygens (including phenoxy) is 1. The van der Waals surface area contributed by atoms with Gasteiger partial charge in [-0.05, 0) is 34.9 Å². The zero-order valence-corrected chi connectivity index (χ0v) is 18.6. The lowest BCUT2D eigenvalue weighted by Crippen LogP contribution is -2.20. The van der Waals surface area contributed by atoms with Crippen LogP contribution in [0.4, 0.5) is 13.2 Å². The van der Waals surface area contributed by atoms with E-state index in [4.69, 9.17) is 0 Å². The lowest BCUT2D eigenvalue weighted by atomic mass is 9.85. The lowest BCUT2D eigenvalue weighted by molar-refractivity contribution is -0.274. The van der Waals surface area contributed by atoms with Crippen molar-refractivity contribution < 1.29 is 22.7 Å². The maximum Gasteiger partial charge on any atom is 0.573 e. The van der Waals surface area contributed by atoms with Crippen LogP contribution in [-0.4, -0.2) is 16.7 Å². The molecule has 0 bridgehead atoms. The fraction of sp³-hybridized carbons (Fsp3) is 0.222. The van der Waals surface area contributed by atoms with E-state index in [1.165, 1.54) is 12.1 Å². The minimum absolute atomic E-state index is 0.00351. The van der Waals surface area contributed by atoms with Crippen molar-refractivity contribution in [2.24, 2.45) is 5.41 Å². The summed E-state index contributed by atoms with van der Waals surface area (Å²) < 4.78 is 43.7. The number of carbonyl (C=O) groups excluding carboxylic acids is 1. The predicted molar refractivity (Wildman–Crippen MR) is 123 cm³/mol. The molecule has 0 unspecified atom stereocenters. The van der Waals surface area contributed by atoms with Gasteiger partial charge in [-0.2, -0.15) is 0 Å². The second-order valence-corrected chi connectivity index (χ2v) is 9.01. The number of alkyl halides is 3. The molecular weight excluding hydrogens is 427 g/mol. The number of fused-ring (bicyclic) bond motifs is 1. The lowest BCUT2D eigenvalue weighted by Gasteiger charge is -2.16. The van der Waals surface area contributed by atoms with Crippen molar-refractivity contribution in [2.45, 2.75) is 33.7 Å². The number of rotatable bonds is 5. The number of ketones is 1. The molecule has 0 N–H and O–H groups in total. The van der Waals surface area contributed by atoms with Crippen molar-refractivity contribution in [1.82, 2.24) is 4.57 Å². The summed E-state index contributed by atoms with van der Waals surface area (Å²) in [4.78, 5) is 13.4. The van der Waals surface area contributed by atoms with Gasteiger partial charge in [-0.3, -0.25) is 4.79 Å². The summed E-state index contributed by atoms with van der Waals surface area (Å²) in [6.45, 7) is 6.22. The van der Waals surface area contributed by atoms with E-state index in [0.29, 0.717) is 17.7 Å². The summed E-state index contributed by atoms with van der Waals surface area (Å²) in [5, 5.41) is 0.790. The number of hydrogen-bond donors (Lipinski definition) is 0. The maximum absolute atomic E-state index is 13.4. The van der Waals surface area contributed by atoms with E-state index >= 15 is 0 Å². The van der Waals surface area contributed by atoms with Crippen LogP contribution in [0.2, 0.25) is 0 Å². The van der Waals surface area contributed by atoms with E-state index in [9.17, 15) is 18.0 Å².